The van der Waals surface area contributed by atoms with Crippen molar-refractivity contribution >= 4 is 23.1 Å². The number of rotatable bonds is 8. The number of aromatic amines is 2. The highest BCUT2D eigenvalue weighted by Gasteiger charge is 2.24. The van der Waals surface area contributed by atoms with E-state index in [0.29, 0.717) is 5.65 Å². The summed E-state index contributed by atoms with van der Waals surface area (Å²) >= 11 is 0. The molecule has 0 amide bonds. The Bertz CT molecular complexity index is 792. The predicted octanol–water partition coefficient (Wildman–Crippen LogP) is -5.73. The summed E-state index contributed by atoms with van der Waals surface area (Å²) in [4.78, 5) is 32.7. The van der Waals surface area contributed by atoms with Crippen molar-refractivity contribution in [2.75, 3.05) is 18.9 Å². The van der Waals surface area contributed by atoms with Gasteiger partial charge >= 0.3 is 11.6 Å². The first kappa shape index (κ1) is 21.8. The maximum Gasteiger partial charge on any atom is 0.365 e. The summed E-state index contributed by atoms with van der Waals surface area (Å²) in [6.07, 6.45) is 0.775. The second-order valence-electron chi connectivity index (χ2n) is 5.97. The number of nitrogens with zero attached hydrogens (tertiary/aromatic N) is 2. The Morgan fingerprint density at radius 1 is 1.50 bits per heavy atom. The summed E-state index contributed by atoms with van der Waals surface area (Å²) in [6.45, 7) is 3.28. The van der Waals surface area contributed by atoms with E-state index in [2.05, 4.69) is 20.7 Å². The number of nitrogen functional groups attached to an aromatic ring is 1. The Balaban J connectivity index is 0.00000338. The molecular formula is C14H24ClN6O5+. The zero-order valence-corrected chi connectivity index (χ0v) is 15.3. The summed E-state index contributed by atoms with van der Waals surface area (Å²) in [5.41, 5.74) is 9.44. The number of carbonyl (C=O) groups is 1. The van der Waals surface area contributed by atoms with Crippen LogP contribution in [0.15, 0.2) is 11.1 Å². The zero-order valence-electron chi connectivity index (χ0n) is 14.6. The van der Waals surface area contributed by atoms with Crippen LogP contribution < -0.4 is 34.0 Å². The van der Waals surface area contributed by atoms with Crippen LogP contribution in [0.4, 0.5) is 5.95 Å². The molecule has 0 fully saturated rings. The van der Waals surface area contributed by atoms with Crippen molar-refractivity contribution < 1.29 is 42.1 Å². The number of nitrogens with one attached hydrogen (secondary N) is 2. The van der Waals surface area contributed by atoms with Gasteiger partial charge < -0.3 is 38.5 Å². The number of esters is 1. The molecule has 0 radical (unpaired) electrons. The van der Waals surface area contributed by atoms with Gasteiger partial charge in [0.25, 0.3) is 11.5 Å². The molecule has 26 heavy (non-hydrogen) atoms. The minimum absolute atomic E-state index is 0. The molecule has 146 valence electrons. The first-order valence-corrected chi connectivity index (χ1v) is 7.82. The molecule has 0 aromatic carbocycles. The molecule has 2 atom stereocenters. The Morgan fingerprint density at radius 3 is 2.81 bits per heavy atom. The standard InChI is InChI=1S/C14H22N6O5.ClH/c1-7(2)9(15)13(23)24-4-8(3-21)25-6-20-5-17-10-11(20)18-14(16)19-12(10)22;/h5,7-9,21H,3-4,6,15H2,1-2H3,(H3,16,18,19,22);1H/p+1/t8?,9-;/m1./s1. The number of fused-ring (bicyclic) bond motifs is 1. The van der Waals surface area contributed by atoms with Crippen LogP contribution in [0.5, 0.6) is 0 Å². The molecule has 2 heterocycles. The molecule has 2 rings (SSSR count). The number of halogens is 1. The number of aliphatic hydroxyl groups is 1. The molecule has 0 aliphatic rings. The lowest BCUT2D eigenvalue weighted by Gasteiger charge is -2.16. The molecule has 8 N–H and O–H groups in total. The van der Waals surface area contributed by atoms with E-state index in [1.54, 1.807) is 0 Å². The number of ether oxygens (including phenoxy) is 2. The van der Waals surface area contributed by atoms with E-state index in [9.17, 15) is 14.7 Å². The van der Waals surface area contributed by atoms with Gasteiger partial charge in [0.15, 0.2) is 19.1 Å². The van der Waals surface area contributed by atoms with Crippen LogP contribution >= 0.6 is 0 Å². The van der Waals surface area contributed by atoms with Gasteiger partial charge in [-0.2, -0.15) is 0 Å². The molecule has 0 saturated heterocycles. The van der Waals surface area contributed by atoms with Crippen molar-refractivity contribution in [3.8, 4) is 0 Å². The van der Waals surface area contributed by atoms with Crippen molar-refractivity contribution in [1.29, 1.82) is 0 Å². The molecule has 0 bridgehead atoms. The molecule has 0 aliphatic carbocycles. The van der Waals surface area contributed by atoms with Crippen LogP contribution in [-0.4, -0.2) is 51.4 Å². The number of carbonyl (C=O) groups excluding carboxylic acids is 1. The number of hydrogen-bond acceptors (Lipinski definition) is 7. The van der Waals surface area contributed by atoms with Crippen molar-refractivity contribution in [2.45, 2.75) is 32.7 Å². The van der Waals surface area contributed by atoms with Gasteiger partial charge in [-0.25, -0.2) is 9.36 Å². The van der Waals surface area contributed by atoms with Gasteiger partial charge in [0.05, 0.1) is 6.61 Å². The van der Waals surface area contributed by atoms with Gasteiger partial charge in [-0.1, -0.05) is 18.8 Å². The van der Waals surface area contributed by atoms with Crippen LogP contribution in [0, 0.1) is 5.92 Å². The summed E-state index contributed by atoms with van der Waals surface area (Å²) in [6, 6.07) is -0.485. The third-order valence-corrected chi connectivity index (χ3v) is 3.73. The van der Waals surface area contributed by atoms with Crippen LogP contribution in [-0.2, 0) is 21.0 Å². The molecule has 2 aromatic heterocycles. The van der Waals surface area contributed by atoms with Crippen LogP contribution in [0.25, 0.3) is 11.2 Å². The van der Waals surface area contributed by atoms with E-state index >= 15 is 0 Å². The van der Waals surface area contributed by atoms with Crippen molar-refractivity contribution in [1.82, 2.24) is 15.0 Å². The fraction of sp³-hybridized carbons (Fsp3) is 0.571. The highest BCUT2D eigenvalue weighted by molar-refractivity contribution is 5.74. The number of quaternary nitrogens is 1. The van der Waals surface area contributed by atoms with Gasteiger partial charge in [-0.05, 0) is 0 Å². The van der Waals surface area contributed by atoms with E-state index in [1.807, 2.05) is 13.8 Å². The second kappa shape index (κ2) is 9.48. The molecular weight excluding hydrogens is 368 g/mol. The molecule has 11 nitrogen and oxygen atoms in total. The highest BCUT2D eigenvalue weighted by atomic mass is 35.5. The van der Waals surface area contributed by atoms with E-state index in [0.717, 1.165) is 0 Å². The Morgan fingerprint density at radius 2 is 2.19 bits per heavy atom. The summed E-state index contributed by atoms with van der Waals surface area (Å²) in [5, 5.41) is 9.38. The summed E-state index contributed by atoms with van der Waals surface area (Å²) in [7, 11) is 0. The molecule has 12 heteroatoms. The van der Waals surface area contributed by atoms with E-state index < -0.39 is 23.7 Å². The molecule has 0 aliphatic heterocycles. The van der Waals surface area contributed by atoms with Crippen molar-refractivity contribution in [2.24, 2.45) is 5.92 Å². The zero-order chi connectivity index (χ0) is 18.6. The number of imidazole rings is 1. The molecule has 0 saturated carbocycles. The Labute approximate surface area is 155 Å². The lowest BCUT2D eigenvalue weighted by molar-refractivity contribution is -0.713. The highest BCUT2D eigenvalue weighted by Crippen LogP contribution is 2.02. The maximum absolute atomic E-state index is 11.8. The fourth-order valence-electron chi connectivity index (χ4n) is 2.01. The van der Waals surface area contributed by atoms with Gasteiger partial charge in [-0.3, -0.25) is 14.8 Å². The average Bonchev–Trinajstić information content (AvgIpc) is 2.97. The first-order valence-electron chi connectivity index (χ1n) is 7.82. The van der Waals surface area contributed by atoms with E-state index in [4.69, 9.17) is 15.2 Å². The number of aromatic nitrogens is 4. The third kappa shape index (κ3) is 5.14. The lowest BCUT2D eigenvalue weighted by Crippen LogP contribution is -3.00. The van der Waals surface area contributed by atoms with Crippen LogP contribution in [0.2, 0.25) is 0 Å². The van der Waals surface area contributed by atoms with Gasteiger partial charge in [-0.15, -0.1) is 0 Å². The topological polar surface area (TPSA) is 175 Å². The van der Waals surface area contributed by atoms with Crippen LogP contribution in [0.3, 0.4) is 0 Å². The normalized spacial score (nSPS) is 13.4. The van der Waals surface area contributed by atoms with Gasteiger partial charge in [0, 0.05) is 5.92 Å². The monoisotopic (exact) mass is 391 g/mol. The third-order valence-electron chi connectivity index (χ3n) is 3.73. The first-order chi connectivity index (χ1) is 11.8. The van der Waals surface area contributed by atoms with Crippen molar-refractivity contribution in [3.05, 3.63) is 16.7 Å². The van der Waals surface area contributed by atoms with Crippen molar-refractivity contribution in [3.63, 3.8) is 0 Å². The lowest BCUT2D eigenvalue weighted by atomic mass is 10.1. The smallest absolute Gasteiger partial charge is 0.365 e. The number of aliphatic hydroxyl groups excluding tert-OH is 1. The quantitative estimate of drug-likeness (QED) is 0.220. The van der Waals surface area contributed by atoms with Gasteiger partial charge in [0.2, 0.25) is 5.52 Å². The summed E-state index contributed by atoms with van der Waals surface area (Å²) < 4.78 is 12.2. The fourth-order valence-corrected chi connectivity index (χ4v) is 2.01. The minimum Gasteiger partial charge on any atom is -1.00 e. The van der Waals surface area contributed by atoms with E-state index in [-0.39, 0.29) is 49.7 Å². The maximum atomic E-state index is 11.8. The largest absolute Gasteiger partial charge is 1.00 e. The number of hydrogen-bond donors (Lipinski definition) is 5. The number of nitrogens with two attached hydrogens (primary N) is 1. The Kier molecular flexibility index (Phi) is 7.96. The summed E-state index contributed by atoms with van der Waals surface area (Å²) in [5.74, 6) is -0.413. The number of H-pyrrole nitrogens is 2. The molecule has 2 aromatic rings. The minimum atomic E-state index is -0.722. The second-order valence-corrected chi connectivity index (χ2v) is 5.97. The average molecular weight is 392 g/mol. The Hall–Kier alpha value is -2.21. The molecule has 1 unspecified atom stereocenters. The molecule has 0 spiro atoms. The van der Waals surface area contributed by atoms with Crippen LogP contribution in [0.1, 0.15) is 13.8 Å². The van der Waals surface area contributed by atoms with E-state index in [1.165, 1.54) is 10.9 Å². The van der Waals surface area contributed by atoms with Gasteiger partial charge in [0.1, 0.15) is 12.7 Å². The predicted molar refractivity (Wildman–Crippen MR) is 85.8 cm³/mol. The number of anilines is 1. The SMILES string of the molecule is CC(C)[C@@H]([NH3+])C(=O)OCC(CO)OC[n+]1c[nH]c2c(=O)[nH]c(N)nc21.[Cl-].